The van der Waals surface area contributed by atoms with Crippen molar-refractivity contribution in [2.75, 3.05) is 11.9 Å². The molecule has 29 heavy (non-hydrogen) atoms. The highest BCUT2D eigenvalue weighted by Crippen LogP contribution is 2.17. The van der Waals surface area contributed by atoms with Crippen LogP contribution in [0, 0.1) is 6.92 Å². The van der Waals surface area contributed by atoms with E-state index in [9.17, 15) is 4.79 Å². The second-order valence-electron chi connectivity index (χ2n) is 6.76. The summed E-state index contributed by atoms with van der Waals surface area (Å²) >= 11 is 0. The number of para-hydroxylation sites is 1. The summed E-state index contributed by atoms with van der Waals surface area (Å²) in [6.07, 6.45) is 6.23. The third-order valence-electron chi connectivity index (χ3n) is 4.65. The molecule has 0 fully saturated rings. The maximum absolute atomic E-state index is 12.6. The number of benzene rings is 1. The molecule has 0 aliphatic rings. The first kappa shape index (κ1) is 18.6. The number of nitrogens with one attached hydrogen (secondary N) is 3. The number of fused-ring (bicyclic) bond motifs is 1. The van der Waals surface area contributed by atoms with Crippen LogP contribution in [0.1, 0.15) is 27.4 Å². The number of anilines is 1. The van der Waals surface area contributed by atoms with Gasteiger partial charge < -0.3 is 15.6 Å². The van der Waals surface area contributed by atoms with E-state index in [0.717, 1.165) is 17.5 Å². The minimum Gasteiger partial charge on any atom is -0.366 e. The van der Waals surface area contributed by atoms with E-state index in [1.165, 1.54) is 10.9 Å². The van der Waals surface area contributed by atoms with Crippen LogP contribution in [0.4, 0.5) is 5.82 Å². The average molecular weight is 386 g/mol. The normalized spacial score (nSPS) is 10.8. The minimum absolute atomic E-state index is 0.206. The van der Waals surface area contributed by atoms with Crippen LogP contribution in [0.2, 0.25) is 0 Å². The van der Waals surface area contributed by atoms with Crippen molar-refractivity contribution in [3.05, 3.63) is 83.7 Å². The first-order valence-electron chi connectivity index (χ1n) is 9.51. The van der Waals surface area contributed by atoms with E-state index in [-0.39, 0.29) is 5.91 Å². The van der Waals surface area contributed by atoms with Crippen LogP contribution < -0.4 is 10.6 Å². The molecule has 3 heterocycles. The molecule has 146 valence electrons. The monoisotopic (exact) mass is 386 g/mol. The van der Waals surface area contributed by atoms with Crippen molar-refractivity contribution in [2.24, 2.45) is 0 Å². The molecule has 7 heteroatoms. The van der Waals surface area contributed by atoms with Crippen LogP contribution in [0.5, 0.6) is 0 Å². The number of pyridine rings is 1. The van der Waals surface area contributed by atoms with Gasteiger partial charge in [0.25, 0.3) is 5.91 Å². The number of nitrogens with zero attached hydrogens (tertiary/aromatic N) is 3. The molecule has 0 unspecified atom stereocenters. The summed E-state index contributed by atoms with van der Waals surface area (Å²) in [5.41, 5.74) is 3.72. The third kappa shape index (κ3) is 4.57. The smallest absolute Gasteiger partial charge is 0.270 e. The molecule has 1 amide bonds. The fraction of sp³-hybridized carbons (Fsp3) is 0.182. The highest BCUT2D eigenvalue weighted by molar-refractivity contribution is 5.93. The van der Waals surface area contributed by atoms with E-state index in [1.807, 2.05) is 36.5 Å². The molecule has 0 bridgehead atoms. The second-order valence-corrected chi connectivity index (χ2v) is 6.76. The van der Waals surface area contributed by atoms with Crippen LogP contribution in [0.3, 0.4) is 0 Å². The summed E-state index contributed by atoms with van der Waals surface area (Å²) in [5, 5.41) is 7.37. The van der Waals surface area contributed by atoms with Crippen LogP contribution in [0.25, 0.3) is 10.9 Å². The molecule has 0 aliphatic heterocycles. The van der Waals surface area contributed by atoms with Gasteiger partial charge in [0.05, 0.1) is 0 Å². The number of hydrogen-bond donors (Lipinski definition) is 3. The Bertz CT molecular complexity index is 1120. The van der Waals surface area contributed by atoms with Crippen molar-refractivity contribution in [3.63, 3.8) is 0 Å². The van der Waals surface area contributed by atoms with Crippen molar-refractivity contribution >= 4 is 22.6 Å². The van der Waals surface area contributed by atoms with Crippen molar-refractivity contribution in [1.82, 2.24) is 25.3 Å². The van der Waals surface area contributed by atoms with Gasteiger partial charge in [-0.3, -0.25) is 9.78 Å². The van der Waals surface area contributed by atoms with Gasteiger partial charge >= 0.3 is 0 Å². The van der Waals surface area contributed by atoms with Crippen molar-refractivity contribution in [2.45, 2.75) is 19.9 Å². The Morgan fingerprint density at radius 2 is 1.93 bits per heavy atom. The van der Waals surface area contributed by atoms with Crippen molar-refractivity contribution in [3.8, 4) is 0 Å². The Hall–Kier alpha value is -3.74. The molecule has 3 N–H and O–H groups in total. The Morgan fingerprint density at radius 3 is 2.79 bits per heavy atom. The van der Waals surface area contributed by atoms with Gasteiger partial charge in [-0.2, -0.15) is 0 Å². The van der Waals surface area contributed by atoms with Gasteiger partial charge in [-0.1, -0.05) is 18.2 Å². The molecule has 0 atom stereocenters. The summed E-state index contributed by atoms with van der Waals surface area (Å²) in [5.74, 6) is 0.963. The Labute approximate surface area is 168 Å². The van der Waals surface area contributed by atoms with E-state index >= 15 is 0 Å². The maximum atomic E-state index is 12.6. The summed E-state index contributed by atoms with van der Waals surface area (Å²) in [6.45, 7) is 2.91. The number of rotatable bonds is 7. The average Bonchev–Trinajstić information content (AvgIpc) is 3.16. The zero-order valence-corrected chi connectivity index (χ0v) is 16.1. The zero-order valence-electron chi connectivity index (χ0n) is 16.1. The van der Waals surface area contributed by atoms with Gasteiger partial charge in [-0.25, -0.2) is 9.97 Å². The fourth-order valence-corrected chi connectivity index (χ4v) is 3.21. The Kier molecular flexibility index (Phi) is 5.47. The fourth-order valence-electron chi connectivity index (χ4n) is 3.21. The maximum Gasteiger partial charge on any atom is 0.270 e. The van der Waals surface area contributed by atoms with E-state index < -0.39 is 0 Å². The summed E-state index contributed by atoms with van der Waals surface area (Å²) in [7, 11) is 0. The van der Waals surface area contributed by atoms with Gasteiger partial charge in [-0.05, 0) is 42.7 Å². The molecule has 3 aromatic heterocycles. The molecular formula is C22H22N6O. The molecular weight excluding hydrogens is 364 g/mol. The summed E-state index contributed by atoms with van der Waals surface area (Å²) < 4.78 is 0. The highest BCUT2D eigenvalue weighted by atomic mass is 16.1. The predicted octanol–water partition coefficient (Wildman–Crippen LogP) is 3.25. The first-order chi connectivity index (χ1) is 14.2. The summed E-state index contributed by atoms with van der Waals surface area (Å²) in [4.78, 5) is 28.5. The molecule has 0 saturated heterocycles. The Balaban J connectivity index is 1.37. The Morgan fingerprint density at radius 1 is 1.10 bits per heavy atom. The number of carbonyl (C=O) groups is 1. The van der Waals surface area contributed by atoms with Gasteiger partial charge in [0.1, 0.15) is 17.3 Å². The molecule has 0 aliphatic carbocycles. The van der Waals surface area contributed by atoms with Gasteiger partial charge in [0.15, 0.2) is 0 Å². The van der Waals surface area contributed by atoms with Crippen LogP contribution >= 0.6 is 0 Å². The highest BCUT2D eigenvalue weighted by Gasteiger charge is 2.11. The second kappa shape index (κ2) is 8.52. The quantitative estimate of drug-likeness (QED) is 0.453. The number of aryl methyl sites for hydroxylation is 1. The zero-order chi connectivity index (χ0) is 20.1. The number of aromatic nitrogens is 4. The van der Waals surface area contributed by atoms with Crippen LogP contribution in [0.15, 0.2) is 61.1 Å². The number of carbonyl (C=O) groups excluding carboxylic acids is 1. The third-order valence-corrected chi connectivity index (χ3v) is 4.65. The topological polar surface area (TPSA) is 95.6 Å². The minimum atomic E-state index is -0.206. The lowest BCUT2D eigenvalue weighted by atomic mass is 10.1. The number of amides is 1. The van der Waals surface area contributed by atoms with Crippen molar-refractivity contribution in [1.29, 1.82) is 0 Å². The van der Waals surface area contributed by atoms with Gasteiger partial charge in [-0.15, -0.1) is 0 Å². The summed E-state index contributed by atoms with van der Waals surface area (Å²) in [6, 6.07) is 13.7. The van der Waals surface area contributed by atoms with Gasteiger partial charge in [0, 0.05) is 48.6 Å². The molecule has 4 aromatic rings. The SMILES string of the molecule is Cc1nc(NCc2ccncc2)cc(C(=O)NCCc2c[nH]c3ccccc23)n1. The molecule has 0 spiro atoms. The molecule has 1 aromatic carbocycles. The van der Waals surface area contributed by atoms with Crippen LogP contribution in [-0.4, -0.2) is 32.4 Å². The lowest BCUT2D eigenvalue weighted by Crippen LogP contribution is -2.27. The predicted molar refractivity (Wildman–Crippen MR) is 113 cm³/mol. The first-order valence-corrected chi connectivity index (χ1v) is 9.51. The lowest BCUT2D eigenvalue weighted by Gasteiger charge is -2.09. The molecule has 7 nitrogen and oxygen atoms in total. The number of H-pyrrole nitrogens is 1. The van der Waals surface area contributed by atoms with E-state index in [1.54, 1.807) is 25.4 Å². The number of aromatic amines is 1. The van der Waals surface area contributed by atoms with E-state index in [2.05, 4.69) is 36.6 Å². The standard InChI is InChI=1S/C22H22N6O/c1-15-27-20(12-21(28-15)26-13-16-6-9-23-10-7-16)22(29)24-11-8-17-14-25-19-5-3-2-4-18(17)19/h2-7,9-10,12,14,25H,8,11,13H2,1H3,(H,24,29)(H,26,27,28). The van der Waals surface area contributed by atoms with E-state index in [4.69, 9.17) is 0 Å². The number of hydrogen-bond acceptors (Lipinski definition) is 5. The van der Waals surface area contributed by atoms with Gasteiger partial charge in [0.2, 0.25) is 0 Å². The largest absolute Gasteiger partial charge is 0.366 e. The molecule has 0 saturated carbocycles. The van der Waals surface area contributed by atoms with E-state index in [0.29, 0.717) is 30.4 Å². The molecule has 0 radical (unpaired) electrons. The van der Waals surface area contributed by atoms with Crippen molar-refractivity contribution < 1.29 is 4.79 Å². The van der Waals surface area contributed by atoms with Crippen LogP contribution in [-0.2, 0) is 13.0 Å². The molecule has 4 rings (SSSR count). The lowest BCUT2D eigenvalue weighted by molar-refractivity contribution is 0.0949.